The van der Waals surface area contributed by atoms with Crippen LogP contribution in [-0.4, -0.2) is 39.9 Å². The van der Waals surface area contributed by atoms with E-state index in [9.17, 15) is 14.4 Å². The number of likely N-dealkylation sites (tertiary alicyclic amines) is 1. The second-order valence-corrected chi connectivity index (χ2v) is 7.89. The summed E-state index contributed by atoms with van der Waals surface area (Å²) in [4.78, 5) is 43.6. The van der Waals surface area contributed by atoms with Gasteiger partial charge in [-0.25, -0.2) is 0 Å². The Bertz CT molecular complexity index is 653. The number of rotatable bonds is 8. The molecule has 2 heterocycles. The molecule has 1 amide bonds. The number of hydrogen-bond acceptors (Lipinski definition) is 4. The standard InChI is InChI=1S/C22H30N2O3/c25-20(13-5-4-8-17-9-6-14-23-16-17)19-12-7-15-24(19)22(27)21(26)18-10-2-1-3-11-18/h6,9,14,16,18-19H,1-5,7-8,10-13,15H2. The molecule has 1 aromatic rings. The van der Waals surface area contributed by atoms with Crippen LogP contribution < -0.4 is 0 Å². The van der Waals surface area contributed by atoms with Gasteiger partial charge in [-0.2, -0.15) is 0 Å². The summed E-state index contributed by atoms with van der Waals surface area (Å²) in [5.41, 5.74) is 1.18. The van der Waals surface area contributed by atoms with Crippen molar-refractivity contribution in [3.63, 3.8) is 0 Å². The van der Waals surface area contributed by atoms with E-state index in [2.05, 4.69) is 4.98 Å². The highest BCUT2D eigenvalue weighted by molar-refractivity contribution is 6.37. The lowest BCUT2D eigenvalue weighted by molar-refractivity contribution is -0.149. The van der Waals surface area contributed by atoms with Crippen molar-refractivity contribution in [2.45, 2.75) is 76.7 Å². The Hall–Kier alpha value is -2.04. The number of aromatic nitrogens is 1. The second kappa shape index (κ2) is 9.77. The fourth-order valence-corrected chi connectivity index (χ4v) is 4.37. The summed E-state index contributed by atoms with van der Waals surface area (Å²) >= 11 is 0. The molecule has 1 unspecified atom stereocenters. The van der Waals surface area contributed by atoms with E-state index in [1.807, 2.05) is 18.3 Å². The van der Waals surface area contributed by atoms with Gasteiger partial charge in [-0.05, 0) is 56.6 Å². The normalized spacial score (nSPS) is 20.6. The molecule has 2 fully saturated rings. The van der Waals surface area contributed by atoms with Crippen LogP contribution in [0.2, 0.25) is 0 Å². The van der Waals surface area contributed by atoms with Crippen LogP contribution >= 0.6 is 0 Å². The van der Waals surface area contributed by atoms with E-state index < -0.39 is 5.91 Å². The minimum Gasteiger partial charge on any atom is -0.326 e. The Balaban J connectivity index is 1.47. The van der Waals surface area contributed by atoms with E-state index in [-0.39, 0.29) is 23.5 Å². The van der Waals surface area contributed by atoms with Crippen molar-refractivity contribution >= 4 is 17.5 Å². The van der Waals surface area contributed by atoms with Gasteiger partial charge in [0.25, 0.3) is 5.91 Å². The Labute approximate surface area is 161 Å². The van der Waals surface area contributed by atoms with Crippen LogP contribution in [0.1, 0.15) is 69.8 Å². The lowest BCUT2D eigenvalue weighted by Crippen LogP contribution is -2.45. The maximum atomic E-state index is 12.7. The summed E-state index contributed by atoms with van der Waals surface area (Å²) in [6.45, 7) is 0.545. The number of hydrogen-bond donors (Lipinski definition) is 0. The van der Waals surface area contributed by atoms with Crippen molar-refractivity contribution in [1.29, 1.82) is 0 Å². The van der Waals surface area contributed by atoms with Crippen molar-refractivity contribution in [2.75, 3.05) is 6.54 Å². The van der Waals surface area contributed by atoms with Crippen LogP contribution in [0, 0.1) is 5.92 Å². The number of carbonyl (C=O) groups is 3. The van der Waals surface area contributed by atoms with Gasteiger partial charge in [0.1, 0.15) is 0 Å². The molecule has 1 aliphatic carbocycles. The molecule has 1 atom stereocenters. The lowest BCUT2D eigenvalue weighted by atomic mass is 9.85. The average Bonchev–Trinajstić information content (AvgIpc) is 3.21. The molecule has 3 rings (SSSR count). The molecule has 146 valence electrons. The van der Waals surface area contributed by atoms with Crippen LogP contribution in [0.3, 0.4) is 0 Å². The molecule has 1 aliphatic heterocycles. The summed E-state index contributed by atoms with van der Waals surface area (Å²) in [7, 11) is 0. The molecule has 0 bridgehead atoms. The van der Waals surface area contributed by atoms with Gasteiger partial charge >= 0.3 is 0 Å². The number of unbranched alkanes of at least 4 members (excludes halogenated alkanes) is 1. The SMILES string of the molecule is O=C(C(=O)N1CCCC1C(=O)CCCCc1cccnc1)C1CCCCC1. The third kappa shape index (κ3) is 5.24. The number of nitrogens with zero attached hydrogens (tertiary/aromatic N) is 2. The lowest BCUT2D eigenvalue weighted by Gasteiger charge is -2.26. The highest BCUT2D eigenvalue weighted by atomic mass is 16.2. The molecule has 5 nitrogen and oxygen atoms in total. The number of aryl methyl sites for hydroxylation is 1. The van der Waals surface area contributed by atoms with Crippen LogP contribution in [0.5, 0.6) is 0 Å². The van der Waals surface area contributed by atoms with E-state index in [0.717, 1.165) is 57.8 Å². The van der Waals surface area contributed by atoms with Crippen LogP contribution in [0.4, 0.5) is 0 Å². The second-order valence-electron chi connectivity index (χ2n) is 7.89. The molecule has 2 aliphatic rings. The van der Waals surface area contributed by atoms with Crippen LogP contribution in [0.15, 0.2) is 24.5 Å². The number of carbonyl (C=O) groups excluding carboxylic acids is 3. The Morgan fingerprint density at radius 2 is 1.85 bits per heavy atom. The summed E-state index contributed by atoms with van der Waals surface area (Å²) in [5, 5.41) is 0. The smallest absolute Gasteiger partial charge is 0.290 e. The quantitative estimate of drug-likeness (QED) is 0.519. The van der Waals surface area contributed by atoms with Crippen molar-refractivity contribution < 1.29 is 14.4 Å². The van der Waals surface area contributed by atoms with Crippen molar-refractivity contribution in [1.82, 2.24) is 9.88 Å². The predicted molar refractivity (Wildman–Crippen MR) is 103 cm³/mol. The third-order valence-electron chi connectivity index (χ3n) is 5.93. The molecule has 1 saturated heterocycles. The Morgan fingerprint density at radius 3 is 2.59 bits per heavy atom. The highest BCUT2D eigenvalue weighted by Crippen LogP contribution is 2.27. The van der Waals surface area contributed by atoms with Gasteiger partial charge in [0.05, 0.1) is 6.04 Å². The third-order valence-corrected chi connectivity index (χ3v) is 5.93. The van der Waals surface area contributed by atoms with Gasteiger partial charge in [0.15, 0.2) is 5.78 Å². The molecule has 0 N–H and O–H groups in total. The summed E-state index contributed by atoms with van der Waals surface area (Å²) < 4.78 is 0. The first kappa shape index (κ1) is 19.7. The maximum Gasteiger partial charge on any atom is 0.290 e. The Kier molecular flexibility index (Phi) is 7.13. The highest BCUT2D eigenvalue weighted by Gasteiger charge is 2.38. The van der Waals surface area contributed by atoms with Gasteiger partial charge in [0, 0.05) is 31.3 Å². The molecular weight excluding hydrogens is 340 g/mol. The van der Waals surface area contributed by atoms with Crippen molar-refractivity contribution in [3.8, 4) is 0 Å². The molecule has 5 heteroatoms. The molecule has 27 heavy (non-hydrogen) atoms. The van der Waals surface area contributed by atoms with E-state index in [1.54, 1.807) is 11.1 Å². The average molecular weight is 370 g/mol. The largest absolute Gasteiger partial charge is 0.326 e. The topological polar surface area (TPSA) is 67.3 Å². The van der Waals surface area contributed by atoms with Gasteiger partial charge in [-0.15, -0.1) is 0 Å². The van der Waals surface area contributed by atoms with Gasteiger partial charge < -0.3 is 4.90 Å². The fraction of sp³-hybridized carbons (Fsp3) is 0.636. The number of amides is 1. The van der Waals surface area contributed by atoms with E-state index >= 15 is 0 Å². The number of pyridine rings is 1. The number of Topliss-reactive ketones (excluding diaryl/α,β-unsaturated/α-hetero) is 2. The van der Waals surface area contributed by atoms with E-state index in [1.165, 1.54) is 5.56 Å². The molecule has 0 spiro atoms. The molecule has 0 radical (unpaired) electrons. The summed E-state index contributed by atoms with van der Waals surface area (Å²) in [6.07, 6.45) is 13.1. The van der Waals surface area contributed by atoms with E-state index in [4.69, 9.17) is 0 Å². The van der Waals surface area contributed by atoms with Crippen LogP contribution in [0.25, 0.3) is 0 Å². The van der Waals surface area contributed by atoms with E-state index in [0.29, 0.717) is 19.4 Å². The summed E-state index contributed by atoms with van der Waals surface area (Å²) in [6, 6.07) is 3.58. The number of ketones is 2. The first-order valence-corrected chi connectivity index (χ1v) is 10.4. The minimum atomic E-state index is -0.409. The van der Waals surface area contributed by atoms with Gasteiger partial charge in [-0.1, -0.05) is 25.3 Å². The molecule has 1 aromatic heterocycles. The zero-order chi connectivity index (χ0) is 19.1. The first-order valence-electron chi connectivity index (χ1n) is 10.4. The fourth-order valence-electron chi connectivity index (χ4n) is 4.37. The first-order chi connectivity index (χ1) is 13.2. The predicted octanol–water partition coefficient (Wildman–Crippen LogP) is 3.50. The Morgan fingerprint density at radius 1 is 1.04 bits per heavy atom. The van der Waals surface area contributed by atoms with Gasteiger partial charge in [0.2, 0.25) is 5.78 Å². The summed E-state index contributed by atoms with van der Waals surface area (Å²) in [5.74, 6) is -0.676. The zero-order valence-electron chi connectivity index (χ0n) is 16.1. The van der Waals surface area contributed by atoms with Crippen molar-refractivity contribution in [3.05, 3.63) is 30.1 Å². The zero-order valence-corrected chi connectivity index (χ0v) is 16.1. The van der Waals surface area contributed by atoms with Crippen molar-refractivity contribution in [2.24, 2.45) is 5.92 Å². The van der Waals surface area contributed by atoms with Gasteiger partial charge in [-0.3, -0.25) is 19.4 Å². The van der Waals surface area contributed by atoms with Crippen LogP contribution in [-0.2, 0) is 20.8 Å². The molecule has 0 aromatic carbocycles. The monoisotopic (exact) mass is 370 g/mol. The minimum absolute atomic E-state index is 0.114. The molecule has 1 saturated carbocycles. The molecular formula is C22H30N2O3. The maximum absolute atomic E-state index is 12.7.